The smallest absolute Gasteiger partial charge is 0.291 e. The first kappa shape index (κ1) is 23.1. The number of hydrogen-bond donors (Lipinski definition) is 1. The fraction of sp³-hybridized carbons (Fsp3) is 0.261. The minimum Gasteiger partial charge on any atom is -0.496 e. The second kappa shape index (κ2) is 10.2. The van der Waals surface area contributed by atoms with Gasteiger partial charge in [-0.3, -0.25) is 4.79 Å². The van der Waals surface area contributed by atoms with Crippen LogP contribution >= 0.6 is 11.6 Å². The Morgan fingerprint density at radius 1 is 0.844 bits per heavy atom. The fourth-order valence-corrected chi connectivity index (χ4v) is 3.39. The van der Waals surface area contributed by atoms with Gasteiger partial charge in [-0.1, -0.05) is 11.6 Å². The van der Waals surface area contributed by atoms with Crippen molar-refractivity contribution < 1.29 is 32.9 Å². The second-order valence-corrected chi connectivity index (χ2v) is 7.00. The normalized spacial score (nSPS) is 10.4. The predicted molar refractivity (Wildman–Crippen MR) is 120 cm³/mol. The van der Waals surface area contributed by atoms with Gasteiger partial charge in [-0.2, -0.15) is 0 Å². The van der Waals surface area contributed by atoms with Crippen LogP contribution in [0.3, 0.4) is 0 Å². The molecule has 0 atom stereocenters. The topological polar surface area (TPSA) is 88.4 Å². The Labute approximate surface area is 190 Å². The summed E-state index contributed by atoms with van der Waals surface area (Å²) in [5, 5.41) is 3.12. The summed E-state index contributed by atoms with van der Waals surface area (Å²) >= 11 is 6.12. The molecule has 1 amide bonds. The van der Waals surface area contributed by atoms with E-state index in [0.717, 1.165) is 5.56 Å². The van der Waals surface area contributed by atoms with Crippen LogP contribution in [0.15, 0.2) is 40.8 Å². The second-order valence-electron chi connectivity index (χ2n) is 6.59. The highest BCUT2D eigenvalue weighted by Crippen LogP contribution is 2.37. The fourth-order valence-electron chi connectivity index (χ4n) is 3.16. The number of hydrogen-bond acceptors (Lipinski definition) is 7. The summed E-state index contributed by atoms with van der Waals surface area (Å²) in [7, 11) is 7.66. The first-order valence-corrected chi connectivity index (χ1v) is 9.92. The van der Waals surface area contributed by atoms with Gasteiger partial charge in [-0.25, -0.2) is 0 Å². The summed E-state index contributed by atoms with van der Waals surface area (Å²) in [5.41, 5.74) is 1.16. The molecule has 0 aliphatic carbocycles. The van der Waals surface area contributed by atoms with E-state index in [1.165, 1.54) is 14.2 Å². The van der Waals surface area contributed by atoms with Crippen LogP contribution in [0, 0.1) is 0 Å². The number of carbonyl (C=O) groups excluding carboxylic acids is 1. The number of methoxy groups -OCH3 is 5. The van der Waals surface area contributed by atoms with Gasteiger partial charge >= 0.3 is 0 Å². The monoisotopic (exact) mass is 461 g/mol. The van der Waals surface area contributed by atoms with Crippen molar-refractivity contribution in [1.82, 2.24) is 0 Å². The van der Waals surface area contributed by atoms with Crippen molar-refractivity contribution in [3.63, 3.8) is 0 Å². The van der Waals surface area contributed by atoms with Gasteiger partial charge < -0.3 is 33.4 Å². The van der Waals surface area contributed by atoms with Crippen LogP contribution in [-0.2, 0) is 6.42 Å². The van der Waals surface area contributed by atoms with E-state index >= 15 is 0 Å². The highest BCUT2D eigenvalue weighted by Gasteiger charge is 2.19. The van der Waals surface area contributed by atoms with Crippen LogP contribution in [0.1, 0.15) is 21.9 Å². The maximum Gasteiger partial charge on any atom is 0.291 e. The minimum atomic E-state index is -0.451. The Morgan fingerprint density at radius 3 is 2.03 bits per heavy atom. The van der Waals surface area contributed by atoms with Crippen LogP contribution < -0.4 is 29.0 Å². The lowest BCUT2D eigenvalue weighted by molar-refractivity contribution is 0.0994. The lowest BCUT2D eigenvalue weighted by Crippen LogP contribution is -2.12. The number of halogens is 1. The molecule has 9 heteroatoms. The Morgan fingerprint density at radius 2 is 1.47 bits per heavy atom. The van der Waals surface area contributed by atoms with Gasteiger partial charge in [-0.05, 0) is 12.1 Å². The van der Waals surface area contributed by atoms with Crippen LogP contribution in [0.2, 0.25) is 5.02 Å². The number of amides is 1. The van der Waals surface area contributed by atoms with Crippen molar-refractivity contribution in [3.8, 4) is 28.7 Å². The standard InChI is InChI=1S/C23H24ClNO7/c1-27-14-9-19(28-2)15(20(10-14)29-3)8-13-6-7-18(32-13)23(26)25-17-12-21(30-4)16(24)11-22(17)31-5/h6-7,9-12H,8H2,1-5H3,(H,25,26). The largest absolute Gasteiger partial charge is 0.496 e. The Bertz CT molecular complexity index is 1080. The van der Waals surface area contributed by atoms with E-state index in [-0.39, 0.29) is 5.76 Å². The highest BCUT2D eigenvalue weighted by molar-refractivity contribution is 6.32. The van der Waals surface area contributed by atoms with Crippen molar-refractivity contribution in [2.75, 3.05) is 40.9 Å². The van der Waals surface area contributed by atoms with Crippen molar-refractivity contribution in [2.45, 2.75) is 6.42 Å². The van der Waals surface area contributed by atoms with Crippen LogP contribution in [0.25, 0.3) is 0 Å². The minimum absolute atomic E-state index is 0.127. The van der Waals surface area contributed by atoms with E-state index in [1.807, 2.05) is 0 Å². The summed E-state index contributed by atoms with van der Waals surface area (Å²) < 4.78 is 32.5. The number of carbonyl (C=O) groups is 1. The van der Waals surface area contributed by atoms with E-state index < -0.39 is 5.91 Å². The Kier molecular flexibility index (Phi) is 7.37. The van der Waals surface area contributed by atoms with E-state index in [0.29, 0.717) is 51.6 Å². The third-order valence-electron chi connectivity index (χ3n) is 4.78. The number of ether oxygens (including phenoxy) is 5. The van der Waals surface area contributed by atoms with E-state index in [2.05, 4.69) is 5.32 Å². The molecule has 170 valence electrons. The summed E-state index contributed by atoms with van der Waals surface area (Å²) in [6.45, 7) is 0. The quantitative estimate of drug-likeness (QED) is 0.488. The predicted octanol–water partition coefficient (Wildman–Crippen LogP) is 4.82. The van der Waals surface area contributed by atoms with Crippen LogP contribution in [0.5, 0.6) is 28.7 Å². The zero-order valence-electron chi connectivity index (χ0n) is 18.4. The molecular formula is C23H24ClNO7. The molecule has 0 radical (unpaired) electrons. The molecular weight excluding hydrogens is 438 g/mol. The molecule has 1 heterocycles. The SMILES string of the molecule is COc1cc(OC)c(Cc2ccc(C(=O)Nc3cc(OC)c(Cl)cc3OC)o2)c(OC)c1. The summed E-state index contributed by atoms with van der Waals surface area (Å²) in [6, 6.07) is 9.97. The maximum atomic E-state index is 12.8. The van der Waals surface area contributed by atoms with E-state index in [1.54, 1.807) is 57.7 Å². The van der Waals surface area contributed by atoms with Gasteiger partial charge in [0.05, 0.1) is 46.3 Å². The van der Waals surface area contributed by atoms with Gasteiger partial charge in [0.1, 0.15) is 34.5 Å². The molecule has 0 spiro atoms. The Balaban J connectivity index is 1.83. The average Bonchev–Trinajstić information content (AvgIpc) is 3.28. The molecule has 0 aliphatic rings. The first-order chi connectivity index (χ1) is 15.4. The van der Waals surface area contributed by atoms with Crippen molar-refractivity contribution in [3.05, 3.63) is 58.5 Å². The summed E-state index contributed by atoms with van der Waals surface area (Å²) in [5.74, 6) is 2.80. The Hall–Kier alpha value is -3.52. The molecule has 8 nitrogen and oxygen atoms in total. The highest BCUT2D eigenvalue weighted by atomic mass is 35.5. The summed E-state index contributed by atoms with van der Waals surface area (Å²) in [6.07, 6.45) is 0.349. The van der Waals surface area contributed by atoms with Gasteiger partial charge in [-0.15, -0.1) is 0 Å². The zero-order chi connectivity index (χ0) is 23.3. The number of furan rings is 1. The average molecular weight is 462 g/mol. The maximum absolute atomic E-state index is 12.8. The molecule has 32 heavy (non-hydrogen) atoms. The molecule has 0 bridgehead atoms. The van der Waals surface area contributed by atoms with Crippen LogP contribution in [0.4, 0.5) is 5.69 Å². The number of nitrogens with one attached hydrogen (secondary N) is 1. The molecule has 0 aliphatic heterocycles. The molecule has 3 aromatic rings. The van der Waals surface area contributed by atoms with Gasteiger partial charge in [0.2, 0.25) is 0 Å². The third kappa shape index (κ3) is 4.86. The molecule has 0 fully saturated rings. The number of anilines is 1. The molecule has 3 rings (SSSR count). The van der Waals surface area contributed by atoms with E-state index in [9.17, 15) is 4.79 Å². The van der Waals surface area contributed by atoms with Gasteiger partial charge in [0, 0.05) is 36.2 Å². The van der Waals surface area contributed by atoms with Crippen molar-refractivity contribution in [1.29, 1.82) is 0 Å². The number of benzene rings is 2. The first-order valence-electron chi connectivity index (χ1n) is 9.54. The lowest BCUT2D eigenvalue weighted by Gasteiger charge is -2.14. The molecule has 0 unspecified atom stereocenters. The van der Waals surface area contributed by atoms with Gasteiger partial charge in [0.25, 0.3) is 5.91 Å². The third-order valence-corrected chi connectivity index (χ3v) is 5.07. The van der Waals surface area contributed by atoms with Crippen molar-refractivity contribution in [2.24, 2.45) is 0 Å². The molecule has 1 aromatic heterocycles. The van der Waals surface area contributed by atoms with Crippen molar-refractivity contribution >= 4 is 23.2 Å². The molecule has 2 aromatic carbocycles. The zero-order valence-corrected chi connectivity index (χ0v) is 19.2. The molecule has 1 N–H and O–H groups in total. The summed E-state index contributed by atoms with van der Waals surface area (Å²) in [4.78, 5) is 12.8. The molecule has 0 saturated heterocycles. The van der Waals surface area contributed by atoms with E-state index in [4.69, 9.17) is 39.7 Å². The molecule has 0 saturated carbocycles. The lowest BCUT2D eigenvalue weighted by atomic mass is 10.1. The van der Waals surface area contributed by atoms with Gasteiger partial charge in [0.15, 0.2) is 5.76 Å². The number of rotatable bonds is 9. The van der Waals surface area contributed by atoms with Crippen LogP contribution in [-0.4, -0.2) is 41.5 Å².